The van der Waals surface area contributed by atoms with Gasteiger partial charge < -0.3 is 10.6 Å². The van der Waals surface area contributed by atoms with Crippen molar-refractivity contribution in [3.05, 3.63) is 23.9 Å². The Balaban J connectivity index is 1.79. The molecule has 1 saturated carbocycles. The lowest BCUT2D eigenvalue weighted by atomic mass is 10.3. The second-order valence-electron chi connectivity index (χ2n) is 3.67. The van der Waals surface area contributed by atoms with Gasteiger partial charge in [-0.25, -0.2) is 4.98 Å². The van der Waals surface area contributed by atoms with Crippen LogP contribution in [-0.2, 0) is 0 Å². The van der Waals surface area contributed by atoms with Gasteiger partial charge in [0.25, 0.3) is 0 Å². The van der Waals surface area contributed by atoms with E-state index in [-0.39, 0.29) is 0 Å². The molecule has 0 atom stereocenters. The Kier molecular flexibility index (Phi) is 3.15. The first kappa shape index (κ1) is 9.94. The molecule has 1 aromatic heterocycles. The first-order valence-electron chi connectivity index (χ1n) is 5.22. The van der Waals surface area contributed by atoms with Gasteiger partial charge in [0, 0.05) is 25.3 Å². The maximum Gasteiger partial charge on any atom is 0.143 e. The summed E-state index contributed by atoms with van der Waals surface area (Å²) in [6.07, 6.45) is 4.29. The molecule has 0 saturated heterocycles. The van der Waals surface area contributed by atoms with Crippen molar-refractivity contribution in [2.75, 3.05) is 18.4 Å². The predicted molar refractivity (Wildman–Crippen MR) is 58.5 cm³/mol. The summed E-state index contributed by atoms with van der Waals surface area (Å²) in [5, 5.41) is 15.4. The molecule has 2 rings (SSSR count). The van der Waals surface area contributed by atoms with E-state index in [1.165, 1.54) is 12.8 Å². The van der Waals surface area contributed by atoms with Gasteiger partial charge in [0.05, 0.1) is 5.56 Å². The largest absolute Gasteiger partial charge is 0.368 e. The van der Waals surface area contributed by atoms with Crippen molar-refractivity contribution in [3.8, 4) is 6.07 Å². The van der Waals surface area contributed by atoms with E-state index in [0.29, 0.717) is 11.4 Å². The Labute approximate surface area is 89.3 Å². The highest BCUT2D eigenvalue weighted by atomic mass is 15.0. The van der Waals surface area contributed by atoms with Crippen LogP contribution in [0.1, 0.15) is 18.4 Å². The lowest BCUT2D eigenvalue weighted by Crippen LogP contribution is -2.24. The number of nitriles is 1. The van der Waals surface area contributed by atoms with Crippen molar-refractivity contribution in [2.24, 2.45) is 0 Å². The van der Waals surface area contributed by atoms with Gasteiger partial charge in [-0.3, -0.25) is 0 Å². The van der Waals surface area contributed by atoms with Crippen molar-refractivity contribution >= 4 is 5.82 Å². The van der Waals surface area contributed by atoms with E-state index in [1.54, 1.807) is 18.3 Å². The fraction of sp³-hybridized carbons (Fsp3) is 0.455. The Hall–Kier alpha value is -1.60. The highest BCUT2D eigenvalue weighted by Gasteiger charge is 2.19. The zero-order chi connectivity index (χ0) is 10.5. The van der Waals surface area contributed by atoms with Crippen LogP contribution >= 0.6 is 0 Å². The standard InChI is InChI=1S/C11H14N4/c12-8-9-2-1-5-14-11(9)15-7-6-13-10-3-4-10/h1-2,5,10,13H,3-4,6-7H2,(H,14,15). The van der Waals surface area contributed by atoms with Crippen molar-refractivity contribution in [1.29, 1.82) is 5.26 Å². The van der Waals surface area contributed by atoms with E-state index < -0.39 is 0 Å². The Bertz CT molecular complexity index is 365. The SMILES string of the molecule is N#Cc1cccnc1NCCNC1CC1. The van der Waals surface area contributed by atoms with Gasteiger partial charge >= 0.3 is 0 Å². The molecule has 1 aliphatic carbocycles. The van der Waals surface area contributed by atoms with E-state index in [9.17, 15) is 0 Å². The van der Waals surface area contributed by atoms with Crippen LogP contribution in [0.25, 0.3) is 0 Å². The topological polar surface area (TPSA) is 60.7 Å². The Morgan fingerprint density at radius 3 is 3.07 bits per heavy atom. The fourth-order valence-electron chi connectivity index (χ4n) is 1.38. The molecule has 1 aliphatic rings. The molecule has 4 heteroatoms. The van der Waals surface area contributed by atoms with Gasteiger partial charge in [-0.15, -0.1) is 0 Å². The average molecular weight is 202 g/mol. The Morgan fingerprint density at radius 2 is 2.33 bits per heavy atom. The molecule has 0 amide bonds. The predicted octanol–water partition coefficient (Wildman–Crippen LogP) is 1.12. The van der Waals surface area contributed by atoms with E-state index >= 15 is 0 Å². The van der Waals surface area contributed by atoms with Gasteiger partial charge in [-0.1, -0.05) is 0 Å². The van der Waals surface area contributed by atoms with Crippen LogP contribution in [0.3, 0.4) is 0 Å². The zero-order valence-corrected chi connectivity index (χ0v) is 8.53. The third-order valence-corrected chi connectivity index (χ3v) is 2.36. The lowest BCUT2D eigenvalue weighted by Gasteiger charge is -2.06. The minimum absolute atomic E-state index is 0.601. The van der Waals surface area contributed by atoms with Crippen LogP contribution in [0.5, 0.6) is 0 Å². The first-order chi connectivity index (χ1) is 7.40. The quantitative estimate of drug-likeness (QED) is 0.702. The van der Waals surface area contributed by atoms with Crippen LogP contribution < -0.4 is 10.6 Å². The van der Waals surface area contributed by atoms with Crippen LogP contribution in [-0.4, -0.2) is 24.1 Å². The number of pyridine rings is 1. The molecule has 0 unspecified atom stereocenters. The number of anilines is 1. The Morgan fingerprint density at radius 1 is 1.47 bits per heavy atom. The summed E-state index contributed by atoms with van der Waals surface area (Å²) >= 11 is 0. The summed E-state index contributed by atoms with van der Waals surface area (Å²) in [5.41, 5.74) is 0.601. The number of hydrogen-bond donors (Lipinski definition) is 2. The van der Waals surface area contributed by atoms with Crippen LogP contribution in [0.4, 0.5) is 5.82 Å². The zero-order valence-electron chi connectivity index (χ0n) is 8.53. The van der Waals surface area contributed by atoms with Crippen molar-refractivity contribution < 1.29 is 0 Å². The average Bonchev–Trinajstić information content (AvgIpc) is 3.09. The van der Waals surface area contributed by atoms with Crippen molar-refractivity contribution in [3.63, 3.8) is 0 Å². The minimum Gasteiger partial charge on any atom is -0.368 e. The molecule has 1 fully saturated rings. The fourth-order valence-corrected chi connectivity index (χ4v) is 1.38. The first-order valence-corrected chi connectivity index (χ1v) is 5.22. The molecule has 1 heterocycles. The molecule has 1 aromatic rings. The van der Waals surface area contributed by atoms with E-state index in [4.69, 9.17) is 5.26 Å². The summed E-state index contributed by atoms with van der Waals surface area (Å²) in [6, 6.07) is 6.38. The van der Waals surface area contributed by atoms with Gasteiger partial charge in [-0.2, -0.15) is 5.26 Å². The molecule has 0 spiro atoms. The molecule has 0 aliphatic heterocycles. The molecule has 15 heavy (non-hydrogen) atoms. The molecule has 4 nitrogen and oxygen atoms in total. The van der Waals surface area contributed by atoms with Crippen LogP contribution in [0.15, 0.2) is 18.3 Å². The lowest BCUT2D eigenvalue weighted by molar-refractivity contribution is 0.700. The third-order valence-electron chi connectivity index (χ3n) is 2.36. The van der Waals surface area contributed by atoms with E-state index in [1.807, 2.05) is 0 Å². The molecular weight excluding hydrogens is 188 g/mol. The highest BCUT2D eigenvalue weighted by molar-refractivity contribution is 5.51. The van der Waals surface area contributed by atoms with Gasteiger partial charge in [0.1, 0.15) is 11.9 Å². The number of aromatic nitrogens is 1. The van der Waals surface area contributed by atoms with Crippen LogP contribution in [0.2, 0.25) is 0 Å². The molecular formula is C11H14N4. The monoisotopic (exact) mass is 202 g/mol. The van der Waals surface area contributed by atoms with Gasteiger partial charge in [0.2, 0.25) is 0 Å². The van der Waals surface area contributed by atoms with Gasteiger partial charge in [-0.05, 0) is 25.0 Å². The maximum atomic E-state index is 8.83. The molecule has 0 aromatic carbocycles. The second-order valence-corrected chi connectivity index (χ2v) is 3.67. The number of nitrogens with one attached hydrogen (secondary N) is 2. The van der Waals surface area contributed by atoms with Crippen molar-refractivity contribution in [1.82, 2.24) is 10.3 Å². The van der Waals surface area contributed by atoms with Crippen molar-refractivity contribution in [2.45, 2.75) is 18.9 Å². The van der Waals surface area contributed by atoms with Crippen LogP contribution in [0, 0.1) is 11.3 Å². The smallest absolute Gasteiger partial charge is 0.143 e. The summed E-state index contributed by atoms with van der Waals surface area (Å²) in [5.74, 6) is 0.678. The number of nitrogens with zero attached hydrogens (tertiary/aromatic N) is 2. The van der Waals surface area contributed by atoms with Gasteiger partial charge in [0.15, 0.2) is 0 Å². The maximum absolute atomic E-state index is 8.83. The molecule has 78 valence electrons. The van der Waals surface area contributed by atoms with E-state index in [2.05, 4.69) is 21.7 Å². The summed E-state index contributed by atoms with van der Waals surface area (Å²) in [6.45, 7) is 1.73. The molecule has 2 N–H and O–H groups in total. The molecule has 0 bridgehead atoms. The normalized spacial score (nSPS) is 14.6. The summed E-state index contributed by atoms with van der Waals surface area (Å²) in [7, 11) is 0. The minimum atomic E-state index is 0.601. The second kappa shape index (κ2) is 4.76. The highest BCUT2D eigenvalue weighted by Crippen LogP contribution is 2.18. The number of rotatable bonds is 5. The van der Waals surface area contributed by atoms with E-state index in [0.717, 1.165) is 19.1 Å². The summed E-state index contributed by atoms with van der Waals surface area (Å²) in [4.78, 5) is 4.12. The third kappa shape index (κ3) is 2.93. The molecule has 0 radical (unpaired) electrons. The summed E-state index contributed by atoms with van der Waals surface area (Å²) < 4.78 is 0. The number of hydrogen-bond acceptors (Lipinski definition) is 4.